The Balaban J connectivity index is 1.23. The van der Waals surface area contributed by atoms with Crippen molar-refractivity contribution in [3.05, 3.63) is 48.0 Å². The fourth-order valence-corrected chi connectivity index (χ4v) is 4.64. The largest absolute Gasteiger partial charge is 0.341 e. The van der Waals surface area contributed by atoms with Crippen LogP contribution < -0.4 is 10.2 Å². The molecular weight excluding hydrogens is 256 g/mol. The van der Waals surface area contributed by atoms with Crippen molar-refractivity contribution in [1.29, 1.82) is 0 Å². The van der Waals surface area contributed by atoms with Crippen molar-refractivity contribution in [2.45, 2.75) is 44.3 Å². The maximum atomic E-state index is 2.73. The maximum absolute atomic E-state index is 2.73. The number of likely N-dealkylation sites (tertiary alicyclic amines) is 1. The molecule has 3 N–H and O–H groups in total. The van der Waals surface area contributed by atoms with Gasteiger partial charge in [0.15, 0.2) is 0 Å². The van der Waals surface area contributed by atoms with E-state index in [4.69, 9.17) is 0 Å². The highest BCUT2D eigenvalue weighted by Gasteiger charge is 2.45. The predicted octanol–water partition coefficient (Wildman–Crippen LogP) is 0.762. The fraction of sp³-hybridized carbons (Fsp3) is 0.579. The smallest absolute Gasteiger partial charge is 0.103 e. The zero-order valence-electron chi connectivity index (χ0n) is 12.9. The lowest BCUT2D eigenvalue weighted by atomic mass is 9.71. The fourth-order valence-electron chi connectivity index (χ4n) is 4.64. The van der Waals surface area contributed by atoms with Crippen LogP contribution in [-0.2, 0) is 6.54 Å². The molecule has 0 unspecified atom stereocenters. The molecule has 1 aromatic carbocycles. The Kier molecular flexibility index (Phi) is 3.83. The molecule has 112 valence electrons. The van der Waals surface area contributed by atoms with E-state index in [2.05, 4.69) is 47.8 Å². The van der Waals surface area contributed by atoms with Gasteiger partial charge in [-0.3, -0.25) is 0 Å². The Morgan fingerprint density at radius 3 is 2.67 bits per heavy atom. The van der Waals surface area contributed by atoms with Crippen LogP contribution >= 0.6 is 0 Å². The number of benzene rings is 1. The van der Waals surface area contributed by atoms with Gasteiger partial charge in [-0.2, -0.15) is 0 Å². The van der Waals surface area contributed by atoms with Crippen LogP contribution in [0.5, 0.6) is 0 Å². The summed E-state index contributed by atoms with van der Waals surface area (Å²) in [6, 6.07) is 12.8. The van der Waals surface area contributed by atoms with Crippen LogP contribution in [-0.4, -0.2) is 25.2 Å². The second-order valence-electron chi connectivity index (χ2n) is 7.34. The number of fused-ring (bicyclic) bond motifs is 1. The van der Waals surface area contributed by atoms with E-state index in [9.17, 15) is 0 Å². The molecule has 0 bridgehead atoms. The zero-order valence-corrected chi connectivity index (χ0v) is 12.9. The highest BCUT2D eigenvalue weighted by Crippen LogP contribution is 2.40. The van der Waals surface area contributed by atoms with Crippen molar-refractivity contribution < 1.29 is 10.2 Å². The average Bonchev–Trinajstić information content (AvgIpc) is 2.89. The normalized spacial score (nSPS) is 38.0. The molecule has 0 aromatic heterocycles. The molecule has 1 saturated heterocycles. The summed E-state index contributed by atoms with van der Waals surface area (Å²) < 4.78 is 0. The summed E-state index contributed by atoms with van der Waals surface area (Å²) in [6.45, 7) is 3.92. The van der Waals surface area contributed by atoms with E-state index in [0.29, 0.717) is 0 Å². The molecule has 1 saturated carbocycles. The van der Waals surface area contributed by atoms with Crippen LogP contribution in [0.1, 0.15) is 31.2 Å². The Morgan fingerprint density at radius 1 is 1.10 bits per heavy atom. The number of rotatable bonds is 4. The van der Waals surface area contributed by atoms with Gasteiger partial charge >= 0.3 is 0 Å². The van der Waals surface area contributed by atoms with E-state index >= 15 is 0 Å². The highest BCUT2D eigenvalue weighted by atomic mass is 15.1. The van der Waals surface area contributed by atoms with E-state index < -0.39 is 0 Å². The molecular formula is C19H28N2+2. The van der Waals surface area contributed by atoms with Gasteiger partial charge in [0.05, 0.1) is 25.2 Å². The number of hydrogen-bond donors (Lipinski definition) is 2. The van der Waals surface area contributed by atoms with Crippen LogP contribution in [0.2, 0.25) is 0 Å². The first-order valence-electron chi connectivity index (χ1n) is 8.77. The van der Waals surface area contributed by atoms with Gasteiger partial charge < -0.3 is 10.2 Å². The molecule has 3 aliphatic rings. The molecule has 4 rings (SSSR count). The molecule has 2 heteroatoms. The minimum Gasteiger partial charge on any atom is -0.341 e. The summed E-state index contributed by atoms with van der Waals surface area (Å²) in [5, 5.41) is 2.73. The molecule has 1 aromatic rings. The summed E-state index contributed by atoms with van der Waals surface area (Å²) in [7, 11) is 0. The number of nitrogens with one attached hydrogen (secondary N) is 1. The second-order valence-corrected chi connectivity index (χ2v) is 7.34. The van der Waals surface area contributed by atoms with Crippen molar-refractivity contribution >= 4 is 0 Å². The standard InChI is InChI=1S/C19H26N2/c1-2-5-15(6-3-1)14-21-11-9-17(10-12-21)20-19-13-16-7-4-8-18(16)19/h1-6,8,16-20H,7,9-14H2/p+2/t16-,18-,19+/m0/s1. The summed E-state index contributed by atoms with van der Waals surface area (Å²) >= 11 is 0. The molecule has 2 aliphatic carbocycles. The summed E-state index contributed by atoms with van der Waals surface area (Å²) in [6.07, 6.45) is 10.5. The lowest BCUT2D eigenvalue weighted by Crippen LogP contribution is -3.14. The Morgan fingerprint density at radius 2 is 1.90 bits per heavy atom. The molecule has 21 heavy (non-hydrogen) atoms. The predicted molar refractivity (Wildman–Crippen MR) is 84.9 cm³/mol. The minimum atomic E-state index is 0.893. The molecule has 2 nitrogen and oxygen atoms in total. The first-order valence-corrected chi connectivity index (χ1v) is 8.77. The SMILES string of the molecule is C1=C[C@H]2[C@@H](C1)C[C@H]2[NH2+]C1CC[NH+](Cc2ccccc2)CC1. The van der Waals surface area contributed by atoms with Crippen molar-refractivity contribution in [2.75, 3.05) is 13.1 Å². The zero-order chi connectivity index (χ0) is 14.1. The van der Waals surface area contributed by atoms with E-state index in [1.165, 1.54) is 50.9 Å². The molecule has 1 aliphatic heterocycles. The molecule has 1 heterocycles. The summed E-state index contributed by atoms with van der Waals surface area (Å²) in [5.41, 5.74) is 1.49. The number of allylic oxidation sites excluding steroid dienone is 1. The van der Waals surface area contributed by atoms with Crippen molar-refractivity contribution in [3.63, 3.8) is 0 Å². The van der Waals surface area contributed by atoms with Gasteiger partial charge in [0.2, 0.25) is 0 Å². The van der Waals surface area contributed by atoms with Crippen molar-refractivity contribution in [2.24, 2.45) is 11.8 Å². The Labute approximate surface area is 128 Å². The highest BCUT2D eigenvalue weighted by molar-refractivity contribution is 5.13. The van der Waals surface area contributed by atoms with Gasteiger partial charge in [-0.15, -0.1) is 0 Å². The lowest BCUT2D eigenvalue weighted by Gasteiger charge is -2.40. The van der Waals surface area contributed by atoms with E-state index in [1.54, 1.807) is 4.90 Å². The quantitative estimate of drug-likeness (QED) is 0.762. The average molecular weight is 284 g/mol. The van der Waals surface area contributed by atoms with Crippen LogP contribution in [0, 0.1) is 11.8 Å². The molecule has 2 fully saturated rings. The van der Waals surface area contributed by atoms with E-state index in [1.807, 2.05) is 0 Å². The number of nitrogens with two attached hydrogens (primary N) is 1. The van der Waals surface area contributed by atoms with Gasteiger partial charge in [0, 0.05) is 30.7 Å². The minimum absolute atomic E-state index is 0.893. The number of quaternary nitrogens is 2. The second kappa shape index (κ2) is 5.94. The summed E-state index contributed by atoms with van der Waals surface area (Å²) in [4.78, 5) is 1.78. The van der Waals surface area contributed by atoms with Gasteiger partial charge in [-0.1, -0.05) is 42.5 Å². The third-order valence-corrected chi connectivity index (χ3v) is 5.96. The lowest BCUT2D eigenvalue weighted by molar-refractivity contribution is -0.927. The van der Waals surface area contributed by atoms with Gasteiger partial charge in [-0.25, -0.2) is 0 Å². The van der Waals surface area contributed by atoms with Crippen LogP contribution in [0.4, 0.5) is 0 Å². The molecule has 3 atom stereocenters. The van der Waals surface area contributed by atoms with Gasteiger partial charge in [-0.05, 0) is 12.3 Å². The van der Waals surface area contributed by atoms with Crippen LogP contribution in [0.3, 0.4) is 0 Å². The van der Waals surface area contributed by atoms with Gasteiger partial charge in [0.25, 0.3) is 0 Å². The summed E-state index contributed by atoms with van der Waals surface area (Å²) in [5.74, 6) is 1.93. The van der Waals surface area contributed by atoms with Crippen LogP contribution in [0.25, 0.3) is 0 Å². The van der Waals surface area contributed by atoms with E-state index in [-0.39, 0.29) is 0 Å². The van der Waals surface area contributed by atoms with Crippen molar-refractivity contribution in [3.8, 4) is 0 Å². The maximum Gasteiger partial charge on any atom is 0.103 e. The topological polar surface area (TPSA) is 21.1 Å². The van der Waals surface area contributed by atoms with Gasteiger partial charge in [0.1, 0.15) is 6.54 Å². The van der Waals surface area contributed by atoms with Crippen molar-refractivity contribution in [1.82, 2.24) is 0 Å². The van der Waals surface area contributed by atoms with E-state index in [0.717, 1.165) is 23.9 Å². The molecule has 0 amide bonds. The monoisotopic (exact) mass is 284 g/mol. The molecule has 0 radical (unpaired) electrons. The number of piperidine rings is 1. The first kappa shape index (κ1) is 13.5. The third kappa shape index (κ3) is 2.93. The third-order valence-electron chi connectivity index (χ3n) is 5.96. The molecule has 0 spiro atoms. The Hall–Kier alpha value is -1.12. The van der Waals surface area contributed by atoms with Crippen LogP contribution in [0.15, 0.2) is 42.5 Å². The Bertz CT molecular complexity index is 488. The first-order chi connectivity index (χ1) is 10.4. The number of hydrogen-bond acceptors (Lipinski definition) is 0.